The molecule has 0 bridgehead atoms. The van der Waals surface area contributed by atoms with Crippen molar-refractivity contribution in [2.75, 3.05) is 0 Å². The molecule has 4 heterocycles. The lowest BCUT2D eigenvalue weighted by Crippen LogP contribution is -2.02. The van der Waals surface area contributed by atoms with Crippen molar-refractivity contribution in [2.24, 2.45) is 0 Å². The van der Waals surface area contributed by atoms with Crippen LogP contribution in [-0.4, -0.2) is 14.5 Å². The van der Waals surface area contributed by atoms with E-state index in [1.807, 2.05) is 28.7 Å². The summed E-state index contributed by atoms with van der Waals surface area (Å²) in [6.07, 6.45) is 0. The van der Waals surface area contributed by atoms with Crippen molar-refractivity contribution < 1.29 is 0 Å². The Kier molecular flexibility index (Phi) is 6.09. The Morgan fingerprint density at radius 3 is 1.45 bits per heavy atom. The van der Waals surface area contributed by atoms with Gasteiger partial charge in [0.2, 0.25) is 0 Å². The number of hydrogen-bond acceptors (Lipinski definition) is 4. The molecule has 5 heteroatoms. The van der Waals surface area contributed by atoms with Gasteiger partial charge in [-0.2, -0.15) is 0 Å². The number of benzene rings is 8. The third kappa shape index (κ3) is 4.26. The highest BCUT2D eigenvalue weighted by atomic mass is 32.1. The highest BCUT2D eigenvalue weighted by molar-refractivity contribution is 7.27. The Hall–Kier alpha value is -6.40. The Bertz CT molecular complexity index is 3230. The molecule has 0 N–H and O–H groups in total. The van der Waals surface area contributed by atoms with Crippen LogP contribution in [0.25, 0.3) is 113 Å². The zero-order valence-corrected chi connectivity index (χ0v) is 29.9. The summed E-state index contributed by atoms with van der Waals surface area (Å²) in [5.74, 6) is 1.57. The summed E-state index contributed by atoms with van der Waals surface area (Å²) in [6.45, 7) is 0. The molecule has 4 aromatic heterocycles. The van der Waals surface area contributed by atoms with Gasteiger partial charge in [-0.1, -0.05) is 133 Å². The minimum absolute atomic E-state index is 0.706. The highest BCUT2D eigenvalue weighted by Gasteiger charge is 2.24. The fraction of sp³-hybridized carbons (Fsp3) is 0. The molecule has 0 spiro atoms. The number of thiophene rings is 2. The van der Waals surface area contributed by atoms with E-state index in [0.29, 0.717) is 5.82 Å². The van der Waals surface area contributed by atoms with E-state index in [0.717, 1.165) is 22.6 Å². The van der Waals surface area contributed by atoms with Gasteiger partial charge in [-0.3, -0.25) is 4.57 Å². The molecule has 0 unspecified atom stereocenters. The van der Waals surface area contributed by atoms with Crippen molar-refractivity contribution in [3.8, 4) is 39.6 Å². The maximum atomic E-state index is 5.41. The van der Waals surface area contributed by atoms with Gasteiger partial charge < -0.3 is 0 Å². The third-order valence-electron chi connectivity index (χ3n) is 10.8. The first-order valence-electron chi connectivity index (χ1n) is 17.8. The summed E-state index contributed by atoms with van der Waals surface area (Å²) in [4.78, 5) is 10.6. The number of rotatable bonds is 4. The maximum Gasteiger partial charge on any atom is 0.162 e. The highest BCUT2D eigenvalue weighted by Crippen LogP contribution is 2.50. The van der Waals surface area contributed by atoms with Gasteiger partial charge in [0.15, 0.2) is 5.82 Å². The van der Waals surface area contributed by atoms with E-state index in [2.05, 4.69) is 162 Å². The molecule has 3 nitrogen and oxygen atoms in total. The van der Waals surface area contributed by atoms with Crippen molar-refractivity contribution in [3.63, 3.8) is 0 Å². The van der Waals surface area contributed by atoms with Gasteiger partial charge in [0.1, 0.15) is 5.82 Å². The third-order valence-corrected chi connectivity index (χ3v) is 13.2. The lowest BCUT2D eigenvalue weighted by Gasteiger charge is -2.13. The van der Waals surface area contributed by atoms with Crippen LogP contribution in [0.4, 0.5) is 0 Å². The minimum Gasteiger partial charge on any atom is -0.294 e. The van der Waals surface area contributed by atoms with Crippen LogP contribution < -0.4 is 0 Å². The largest absolute Gasteiger partial charge is 0.294 e. The van der Waals surface area contributed by atoms with E-state index in [-0.39, 0.29) is 0 Å². The number of aromatic nitrogens is 3. The molecule has 246 valence electrons. The normalized spacial score (nSPS) is 12.2. The lowest BCUT2D eigenvalue weighted by atomic mass is 9.98. The van der Waals surface area contributed by atoms with Crippen molar-refractivity contribution in [2.45, 2.75) is 0 Å². The predicted molar refractivity (Wildman–Crippen MR) is 227 cm³/mol. The van der Waals surface area contributed by atoms with Crippen LogP contribution in [0.3, 0.4) is 0 Å². The Morgan fingerprint density at radius 2 is 0.868 bits per heavy atom. The molecule has 0 aliphatic rings. The topological polar surface area (TPSA) is 30.7 Å². The fourth-order valence-electron chi connectivity index (χ4n) is 8.36. The average molecular weight is 710 g/mol. The zero-order valence-electron chi connectivity index (χ0n) is 28.2. The van der Waals surface area contributed by atoms with Crippen molar-refractivity contribution in [1.29, 1.82) is 0 Å². The molecule has 0 fully saturated rings. The minimum atomic E-state index is 0.706. The van der Waals surface area contributed by atoms with Gasteiger partial charge in [0, 0.05) is 79.1 Å². The van der Waals surface area contributed by atoms with Gasteiger partial charge in [-0.15, -0.1) is 22.7 Å². The maximum absolute atomic E-state index is 5.41. The SMILES string of the molecule is c1ccc(-c2ccc(-c3cc(-n4c5cc6c7ccccc7sc6c6ccc7c8sc9ccccc9c8cc4c7c65)nc(-c4ccccc4)n3)cc2)cc1. The first kappa shape index (κ1) is 29.2. The van der Waals surface area contributed by atoms with Gasteiger partial charge in [0.25, 0.3) is 0 Å². The second-order valence-electron chi connectivity index (χ2n) is 13.7. The van der Waals surface area contributed by atoms with E-state index in [1.165, 1.54) is 84.0 Å². The summed E-state index contributed by atoms with van der Waals surface area (Å²) in [5.41, 5.74) is 7.64. The van der Waals surface area contributed by atoms with Crippen molar-refractivity contribution >= 4 is 95.6 Å². The van der Waals surface area contributed by atoms with Crippen LogP contribution in [0.5, 0.6) is 0 Å². The van der Waals surface area contributed by atoms with Crippen LogP contribution in [0, 0.1) is 0 Å². The first-order chi connectivity index (χ1) is 26.3. The molecular formula is C48H27N3S2. The Morgan fingerprint density at radius 1 is 0.377 bits per heavy atom. The Balaban J connectivity index is 1.21. The number of nitrogens with zero attached hydrogens (tertiary/aromatic N) is 3. The van der Waals surface area contributed by atoms with Crippen LogP contribution in [0.1, 0.15) is 0 Å². The molecule has 0 amide bonds. The lowest BCUT2D eigenvalue weighted by molar-refractivity contribution is 1.05. The molecule has 0 aliphatic carbocycles. The van der Waals surface area contributed by atoms with E-state index in [4.69, 9.17) is 9.97 Å². The summed E-state index contributed by atoms with van der Waals surface area (Å²) < 4.78 is 7.70. The molecule has 12 aromatic rings. The Labute approximate surface area is 312 Å². The summed E-state index contributed by atoms with van der Waals surface area (Å²) in [6, 6.07) is 59.0. The molecule has 8 aromatic carbocycles. The van der Waals surface area contributed by atoms with Gasteiger partial charge in [0.05, 0.1) is 16.7 Å². The molecule has 0 radical (unpaired) electrons. The van der Waals surface area contributed by atoms with Crippen molar-refractivity contribution in [1.82, 2.24) is 14.5 Å². The van der Waals surface area contributed by atoms with E-state index < -0.39 is 0 Å². The quantitative estimate of drug-likeness (QED) is 0.170. The second kappa shape index (κ2) is 11.1. The molecule has 0 aliphatic heterocycles. The molecule has 0 atom stereocenters. The zero-order chi connectivity index (χ0) is 34.6. The van der Waals surface area contributed by atoms with E-state index >= 15 is 0 Å². The first-order valence-corrected chi connectivity index (χ1v) is 19.5. The van der Waals surface area contributed by atoms with Crippen LogP contribution in [0.2, 0.25) is 0 Å². The van der Waals surface area contributed by atoms with Gasteiger partial charge >= 0.3 is 0 Å². The van der Waals surface area contributed by atoms with E-state index in [1.54, 1.807) is 0 Å². The predicted octanol–water partition coefficient (Wildman–Crippen LogP) is 13.9. The van der Waals surface area contributed by atoms with Crippen LogP contribution in [-0.2, 0) is 0 Å². The summed E-state index contributed by atoms with van der Waals surface area (Å²) >= 11 is 3.79. The molecule has 0 saturated carbocycles. The molecule has 12 rings (SSSR count). The van der Waals surface area contributed by atoms with Crippen molar-refractivity contribution in [3.05, 3.63) is 164 Å². The average Bonchev–Trinajstić information content (AvgIpc) is 3.90. The summed E-state index contributed by atoms with van der Waals surface area (Å²) in [7, 11) is 0. The smallest absolute Gasteiger partial charge is 0.162 e. The molecule has 53 heavy (non-hydrogen) atoms. The van der Waals surface area contributed by atoms with Crippen LogP contribution in [0.15, 0.2) is 164 Å². The molecule has 0 saturated heterocycles. The number of fused-ring (bicyclic) bond motifs is 8. The number of hydrogen-bond donors (Lipinski definition) is 0. The summed E-state index contributed by atoms with van der Waals surface area (Å²) in [5, 5.41) is 10.3. The van der Waals surface area contributed by atoms with Gasteiger partial charge in [-0.05, 0) is 35.4 Å². The standard InChI is InChI=1S/C48H27N3S2/c1-3-11-28(12-4-1)29-19-21-30(22-20-29)38-27-43(50-48(49-38)31-13-5-2-6-14-31)51-39-25-36-32-15-7-9-17-41(32)52-46(36)34-23-24-35-45(44(34)39)40(51)26-37-33-16-8-10-18-42(33)53-47(35)37/h1-27H. The van der Waals surface area contributed by atoms with Gasteiger partial charge in [-0.25, -0.2) is 9.97 Å². The van der Waals surface area contributed by atoms with Crippen LogP contribution >= 0.6 is 22.7 Å². The molecular weight excluding hydrogens is 683 g/mol. The monoisotopic (exact) mass is 709 g/mol. The second-order valence-corrected chi connectivity index (χ2v) is 15.8. The van der Waals surface area contributed by atoms with E-state index in [9.17, 15) is 0 Å². The fourth-order valence-corrected chi connectivity index (χ4v) is 10.8.